The average molecular weight is 385 g/mol. The van der Waals surface area contributed by atoms with Gasteiger partial charge in [0.2, 0.25) is 11.8 Å². The molecule has 2 saturated heterocycles. The number of rotatable bonds is 3. The van der Waals surface area contributed by atoms with Crippen LogP contribution in [0.3, 0.4) is 0 Å². The average Bonchev–Trinajstić information content (AvgIpc) is 2.64. The van der Waals surface area contributed by atoms with E-state index in [-0.39, 0.29) is 34.2 Å². The summed E-state index contributed by atoms with van der Waals surface area (Å²) in [6, 6.07) is 2.23. The molecular formula is C19H23ClF2N2O2. The Kier molecular flexibility index (Phi) is 5.51. The summed E-state index contributed by atoms with van der Waals surface area (Å²) in [6.45, 7) is 4.36. The Hall–Kier alpha value is -1.69. The lowest BCUT2D eigenvalue weighted by Crippen LogP contribution is -2.55. The summed E-state index contributed by atoms with van der Waals surface area (Å²) in [5, 5.41) is -0.186. The molecule has 1 aromatic carbocycles. The Balaban J connectivity index is 1.73. The van der Waals surface area contributed by atoms with E-state index in [0.29, 0.717) is 32.6 Å². The molecule has 1 spiro atoms. The molecule has 26 heavy (non-hydrogen) atoms. The molecule has 142 valence electrons. The molecule has 0 radical (unpaired) electrons. The van der Waals surface area contributed by atoms with Gasteiger partial charge in [0, 0.05) is 43.6 Å². The number of amides is 2. The zero-order valence-electron chi connectivity index (χ0n) is 14.9. The van der Waals surface area contributed by atoms with Crippen LogP contribution in [0.25, 0.3) is 0 Å². The van der Waals surface area contributed by atoms with Crippen LogP contribution in [-0.2, 0) is 16.0 Å². The van der Waals surface area contributed by atoms with E-state index in [4.69, 9.17) is 11.6 Å². The minimum absolute atomic E-state index is 0.108. The van der Waals surface area contributed by atoms with Gasteiger partial charge in [0.1, 0.15) is 11.6 Å². The molecule has 2 aliphatic rings. The van der Waals surface area contributed by atoms with Gasteiger partial charge in [0.25, 0.3) is 0 Å². The molecule has 1 atom stereocenters. The lowest BCUT2D eigenvalue weighted by Gasteiger charge is -2.48. The molecule has 2 heterocycles. The van der Waals surface area contributed by atoms with Crippen molar-refractivity contribution in [1.82, 2.24) is 9.80 Å². The van der Waals surface area contributed by atoms with Crippen molar-refractivity contribution in [2.24, 2.45) is 5.41 Å². The zero-order valence-corrected chi connectivity index (χ0v) is 15.6. The van der Waals surface area contributed by atoms with Crippen molar-refractivity contribution in [3.05, 3.63) is 34.4 Å². The highest BCUT2D eigenvalue weighted by molar-refractivity contribution is 6.30. The molecule has 0 bridgehead atoms. The number of hydrogen-bond donors (Lipinski definition) is 0. The maximum Gasteiger partial charge on any atom is 0.227 e. The normalized spacial score (nSPS) is 23.6. The van der Waals surface area contributed by atoms with E-state index in [0.717, 1.165) is 31.4 Å². The maximum absolute atomic E-state index is 14.1. The van der Waals surface area contributed by atoms with Gasteiger partial charge in [0.05, 0.1) is 11.4 Å². The van der Waals surface area contributed by atoms with Crippen molar-refractivity contribution in [3.8, 4) is 0 Å². The highest BCUT2D eigenvalue weighted by Crippen LogP contribution is 2.39. The molecule has 0 saturated carbocycles. The van der Waals surface area contributed by atoms with E-state index in [2.05, 4.69) is 0 Å². The highest BCUT2D eigenvalue weighted by atomic mass is 35.5. The van der Waals surface area contributed by atoms with Gasteiger partial charge in [-0.05, 0) is 38.3 Å². The lowest BCUT2D eigenvalue weighted by atomic mass is 9.73. The third kappa shape index (κ3) is 3.70. The summed E-state index contributed by atoms with van der Waals surface area (Å²) in [5.74, 6) is -1.77. The second kappa shape index (κ2) is 7.51. The molecule has 4 nitrogen and oxygen atoms in total. The standard InChI is InChI=1S/C19H23ClF2N2O2/c1-2-23-11-19(8-6-16(23)25)7-3-9-24(12-19)17(26)10-13-15(21)5-4-14(20)18(13)22/h4-5H,2-3,6-12H2,1H3/t19-/m0/s1. The SMILES string of the molecule is CCN1C[C@]2(CCCN(C(=O)Cc3c(F)ccc(Cl)c3F)C2)CCC1=O. The van der Waals surface area contributed by atoms with Crippen molar-refractivity contribution < 1.29 is 18.4 Å². The van der Waals surface area contributed by atoms with E-state index in [1.807, 2.05) is 11.8 Å². The first-order chi connectivity index (χ1) is 12.3. The maximum atomic E-state index is 14.1. The van der Waals surface area contributed by atoms with E-state index in [1.165, 1.54) is 0 Å². The molecule has 2 amide bonds. The van der Waals surface area contributed by atoms with E-state index in [9.17, 15) is 18.4 Å². The Morgan fingerprint density at radius 2 is 2.04 bits per heavy atom. The largest absolute Gasteiger partial charge is 0.342 e. The number of carbonyl (C=O) groups excluding carboxylic acids is 2. The van der Waals surface area contributed by atoms with Crippen molar-refractivity contribution >= 4 is 23.4 Å². The van der Waals surface area contributed by atoms with Crippen LogP contribution in [0.4, 0.5) is 8.78 Å². The van der Waals surface area contributed by atoms with Crippen LogP contribution < -0.4 is 0 Å². The van der Waals surface area contributed by atoms with Gasteiger partial charge >= 0.3 is 0 Å². The van der Waals surface area contributed by atoms with Crippen molar-refractivity contribution in [2.45, 2.75) is 39.0 Å². The molecule has 0 N–H and O–H groups in total. The second-order valence-corrected chi connectivity index (χ2v) is 7.73. The number of carbonyl (C=O) groups is 2. The van der Waals surface area contributed by atoms with Crippen LogP contribution in [0.2, 0.25) is 5.02 Å². The van der Waals surface area contributed by atoms with Crippen LogP contribution in [0, 0.1) is 17.0 Å². The number of nitrogens with zero attached hydrogens (tertiary/aromatic N) is 2. The van der Waals surface area contributed by atoms with E-state index >= 15 is 0 Å². The molecule has 1 aromatic rings. The van der Waals surface area contributed by atoms with Gasteiger partial charge in [-0.1, -0.05) is 11.6 Å². The molecule has 2 fully saturated rings. The Bertz CT molecular complexity index is 728. The van der Waals surface area contributed by atoms with Crippen molar-refractivity contribution in [2.75, 3.05) is 26.2 Å². The van der Waals surface area contributed by atoms with Crippen LogP contribution in [0.15, 0.2) is 12.1 Å². The van der Waals surface area contributed by atoms with Gasteiger partial charge in [-0.15, -0.1) is 0 Å². The van der Waals surface area contributed by atoms with Gasteiger partial charge in [-0.3, -0.25) is 9.59 Å². The second-order valence-electron chi connectivity index (χ2n) is 7.33. The van der Waals surface area contributed by atoms with E-state index < -0.39 is 11.6 Å². The van der Waals surface area contributed by atoms with Crippen molar-refractivity contribution in [1.29, 1.82) is 0 Å². The first-order valence-corrected chi connectivity index (χ1v) is 9.41. The fourth-order valence-electron chi connectivity index (χ4n) is 4.14. The number of halogens is 3. The van der Waals surface area contributed by atoms with Crippen LogP contribution >= 0.6 is 11.6 Å². The topological polar surface area (TPSA) is 40.6 Å². The van der Waals surface area contributed by atoms with Gasteiger partial charge in [-0.25, -0.2) is 8.78 Å². The minimum Gasteiger partial charge on any atom is -0.342 e. The van der Waals surface area contributed by atoms with Crippen molar-refractivity contribution in [3.63, 3.8) is 0 Å². The van der Waals surface area contributed by atoms with Gasteiger partial charge in [-0.2, -0.15) is 0 Å². The molecular weight excluding hydrogens is 362 g/mol. The quantitative estimate of drug-likeness (QED) is 0.749. The number of hydrogen-bond acceptors (Lipinski definition) is 2. The summed E-state index contributed by atoms with van der Waals surface area (Å²) in [7, 11) is 0. The smallest absolute Gasteiger partial charge is 0.227 e. The minimum atomic E-state index is -0.868. The highest BCUT2D eigenvalue weighted by Gasteiger charge is 2.42. The molecule has 0 aliphatic carbocycles. The van der Waals surface area contributed by atoms with Gasteiger partial charge in [0.15, 0.2) is 0 Å². The predicted octanol–water partition coefficient (Wildman–Crippen LogP) is 3.41. The summed E-state index contributed by atoms with van der Waals surface area (Å²) < 4.78 is 28.0. The Morgan fingerprint density at radius 1 is 1.27 bits per heavy atom. The fraction of sp³-hybridized carbons (Fsp3) is 0.579. The molecule has 0 unspecified atom stereocenters. The summed E-state index contributed by atoms with van der Waals surface area (Å²) in [5.41, 5.74) is -0.389. The Morgan fingerprint density at radius 3 is 2.77 bits per heavy atom. The Labute approximate surface area is 157 Å². The number of likely N-dealkylation sites (tertiary alicyclic amines) is 2. The summed E-state index contributed by atoms with van der Waals surface area (Å²) >= 11 is 5.71. The van der Waals surface area contributed by atoms with Crippen LogP contribution in [0.5, 0.6) is 0 Å². The predicted molar refractivity (Wildman–Crippen MR) is 94.8 cm³/mol. The number of benzene rings is 1. The monoisotopic (exact) mass is 384 g/mol. The fourth-order valence-corrected chi connectivity index (χ4v) is 4.32. The lowest BCUT2D eigenvalue weighted by molar-refractivity contribution is -0.142. The first-order valence-electron chi connectivity index (χ1n) is 9.03. The van der Waals surface area contributed by atoms with E-state index in [1.54, 1.807) is 4.90 Å². The third-order valence-corrected chi connectivity index (χ3v) is 5.90. The zero-order chi connectivity index (χ0) is 18.9. The molecule has 3 rings (SSSR count). The summed E-state index contributed by atoms with van der Waals surface area (Å²) in [6.07, 6.45) is 2.70. The molecule has 2 aliphatic heterocycles. The molecule has 7 heteroatoms. The third-order valence-electron chi connectivity index (χ3n) is 5.61. The van der Waals surface area contributed by atoms with Crippen LogP contribution in [-0.4, -0.2) is 47.8 Å². The van der Waals surface area contributed by atoms with Gasteiger partial charge < -0.3 is 9.80 Å². The number of piperidine rings is 2. The summed E-state index contributed by atoms with van der Waals surface area (Å²) in [4.78, 5) is 28.2. The molecule has 0 aromatic heterocycles. The first kappa shape index (κ1) is 19.1. The van der Waals surface area contributed by atoms with Crippen LogP contribution in [0.1, 0.15) is 38.2 Å².